The van der Waals surface area contributed by atoms with Gasteiger partial charge in [-0.1, -0.05) is 34.4 Å². The van der Waals surface area contributed by atoms with Crippen LogP contribution in [-0.4, -0.2) is 20.7 Å². The first-order valence-electron chi connectivity index (χ1n) is 14.5. The van der Waals surface area contributed by atoms with Crippen LogP contribution in [0.1, 0.15) is 86.2 Å². The van der Waals surface area contributed by atoms with E-state index in [-0.39, 0.29) is 16.4 Å². The number of nitrogens with zero attached hydrogens (tertiary/aromatic N) is 3. The van der Waals surface area contributed by atoms with Gasteiger partial charge in [-0.15, -0.1) is 0 Å². The van der Waals surface area contributed by atoms with Gasteiger partial charge in [0.2, 0.25) is 0 Å². The molecule has 0 N–H and O–H groups in total. The molecule has 0 saturated heterocycles. The number of ether oxygens (including phenoxy) is 1. The van der Waals surface area contributed by atoms with E-state index >= 15 is 0 Å². The summed E-state index contributed by atoms with van der Waals surface area (Å²) < 4.78 is 53.3. The first-order chi connectivity index (χ1) is 20.2. The van der Waals surface area contributed by atoms with Gasteiger partial charge in [0.25, 0.3) is 0 Å². The van der Waals surface area contributed by atoms with Gasteiger partial charge in [-0.05, 0) is 93.4 Å². The van der Waals surface area contributed by atoms with E-state index in [0.717, 1.165) is 87.2 Å². The van der Waals surface area contributed by atoms with Crippen molar-refractivity contribution in [2.45, 2.75) is 88.5 Å². The fraction of sp³-hybridized carbons (Fsp3) is 0.469. The molecule has 4 fully saturated rings. The van der Waals surface area contributed by atoms with Crippen LogP contribution in [0.2, 0.25) is 10.0 Å². The molecule has 5 nitrogen and oxygen atoms in total. The van der Waals surface area contributed by atoms with E-state index in [1.54, 1.807) is 24.5 Å². The molecule has 3 aromatic heterocycles. The highest BCUT2D eigenvalue weighted by Gasteiger charge is 2.49. The van der Waals surface area contributed by atoms with Crippen molar-refractivity contribution >= 4 is 34.1 Å². The van der Waals surface area contributed by atoms with Gasteiger partial charge in [0.1, 0.15) is 11.5 Å². The van der Waals surface area contributed by atoms with Crippen LogP contribution in [0.3, 0.4) is 0 Å². The maximum Gasteiger partial charge on any atom is 0.417 e. The second-order valence-electron chi connectivity index (χ2n) is 12.3. The zero-order chi connectivity index (χ0) is 29.1. The highest BCUT2D eigenvalue weighted by atomic mass is 35.5. The van der Waals surface area contributed by atoms with Gasteiger partial charge < -0.3 is 9.26 Å². The van der Waals surface area contributed by atoms with Crippen molar-refractivity contribution in [3.8, 4) is 11.3 Å². The van der Waals surface area contributed by atoms with E-state index in [0.29, 0.717) is 39.3 Å². The van der Waals surface area contributed by atoms with E-state index in [9.17, 15) is 13.2 Å². The number of rotatable bonds is 8. The second kappa shape index (κ2) is 10.5. The Bertz CT molecular complexity index is 1610. The summed E-state index contributed by atoms with van der Waals surface area (Å²) in [6, 6.07) is 6.36. The molecule has 4 saturated carbocycles. The number of aryl methyl sites for hydroxylation is 1. The van der Waals surface area contributed by atoms with E-state index in [2.05, 4.69) is 15.1 Å². The number of fused-ring (bicyclic) bond motifs is 4. The van der Waals surface area contributed by atoms with Gasteiger partial charge in [0.15, 0.2) is 0 Å². The van der Waals surface area contributed by atoms with Crippen LogP contribution >= 0.6 is 23.2 Å². The largest absolute Gasteiger partial charge is 0.417 e. The normalized spacial score (nSPS) is 24.0. The molecule has 3 heterocycles. The van der Waals surface area contributed by atoms with Gasteiger partial charge in [-0.25, -0.2) is 0 Å². The molecule has 0 amide bonds. The Morgan fingerprint density at radius 1 is 0.976 bits per heavy atom. The summed E-state index contributed by atoms with van der Waals surface area (Å²) in [6.45, 7) is 0.388. The molecular weight excluding hydrogens is 586 g/mol. The molecule has 42 heavy (non-hydrogen) atoms. The number of aromatic nitrogens is 3. The molecule has 2 bridgehead atoms. The lowest BCUT2D eigenvalue weighted by molar-refractivity contribution is -0.145. The standard InChI is InChI=1S/C32H30Cl2F3N3O2/c33-24-16-38-17-25(34)27(24)28-22(29(42-40-28)20-2-3-20)18-41-31-11-8-30(9-12-31,10-13-31)7-5-19-1-4-26-21(15-19)23(6-14-39-26)32(35,36)37/h1,4,6,14-17,20H,2-3,5,7-13,18H2. The maximum absolute atomic E-state index is 13.6. The van der Waals surface area contributed by atoms with E-state index in [1.807, 2.05) is 6.07 Å². The average molecular weight is 617 g/mol. The van der Waals surface area contributed by atoms with Crippen molar-refractivity contribution < 1.29 is 22.4 Å². The van der Waals surface area contributed by atoms with Gasteiger partial charge in [0.05, 0.1) is 33.3 Å². The minimum atomic E-state index is -4.40. The molecule has 0 aliphatic heterocycles. The zero-order valence-corrected chi connectivity index (χ0v) is 24.5. The third-order valence-electron chi connectivity index (χ3n) is 9.77. The van der Waals surface area contributed by atoms with Gasteiger partial charge in [0, 0.05) is 41.0 Å². The molecule has 1 aromatic carbocycles. The van der Waals surface area contributed by atoms with Crippen LogP contribution in [0, 0.1) is 5.41 Å². The fourth-order valence-corrected chi connectivity index (χ4v) is 7.56. The molecule has 10 heteroatoms. The molecule has 4 aromatic rings. The molecule has 0 spiro atoms. The minimum absolute atomic E-state index is 0.174. The summed E-state index contributed by atoms with van der Waals surface area (Å²) >= 11 is 12.9. The summed E-state index contributed by atoms with van der Waals surface area (Å²) in [4.78, 5) is 8.21. The van der Waals surface area contributed by atoms with Crippen LogP contribution in [0.5, 0.6) is 0 Å². The lowest BCUT2D eigenvalue weighted by Crippen LogP contribution is -2.47. The van der Waals surface area contributed by atoms with Crippen LogP contribution in [0.25, 0.3) is 22.2 Å². The molecule has 4 aliphatic carbocycles. The molecular formula is C32H30Cl2F3N3O2. The fourth-order valence-electron chi connectivity index (χ4n) is 7.01. The number of alkyl halides is 3. The number of pyridine rings is 2. The second-order valence-corrected chi connectivity index (χ2v) is 13.1. The summed E-state index contributed by atoms with van der Waals surface area (Å²) in [7, 11) is 0. The van der Waals surface area contributed by atoms with Crippen LogP contribution in [-0.2, 0) is 23.9 Å². The summed E-state index contributed by atoms with van der Waals surface area (Å²) in [5.41, 5.74) is 2.85. The third-order valence-corrected chi connectivity index (χ3v) is 10.3. The van der Waals surface area contributed by atoms with E-state index < -0.39 is 11.7 Å². The lowest BCUT2D eigenvalue weighted by atomic mass is 9.57. The monoisotopic (exact) mass is 615 g/mol. The average Bonchev–Trinajstić information content (AvgIpc) is 3.75. The van der Waals surface area contributed by atoms with Crippen LogP contribution in [0.4, 0.5) is 13.2 Å². The van der Waals surface area contributed by atoms with Crippen molar-refractivity contribution in [3.63, 3.8) is 0 Å². The molecule has 0 unspecified atom stereocenters. The van der Waals surface area contributed by atoms with Crippen molar-refractivity contribution in [2.24, 2.45) is 5.41 Å². The summed E-state index contributed by atoms with van der Waals surface area (Å²) in [5.74, 6) is 1.22. The Hall–Kier alpha value is -2.68. The Kier molecular flexibility index (Phi) is 7.02. The van der Waals surface area contributed by atoms with Crippen LogP contribution < -0.4 is 0 Å². The number of halogens is 5. The van der Waals surface area contributed by atoms with Gasteiger partial charge in [-0.2, -0.15) is 13.2 Å². The predicted octanol–water partition coefficient (Wildman–Crippen LogP) is 9.73. The Morgan fingerprint density at radius 3 is 2.36 bits per heavy atom. The van der Waals surface area contributed by atoms with Crippen molar-refractivity contribution in [2.75, 3.05) is 0 Å². The van der Waals surface area contributed by atoms with E-state index in [4.69, 9.17) is 32.5 Å². The topological polar surface area (TPSA) is 61.0 Å². The molecule has 8 rings (SSSR count). The zero-order valence-electron chi connectivity index (χ0n) is 22.9. The highest BCUT2D eigenvalue weighted by Crippen LogP contribution is 2.56. The molecule has 0 radical (unpaired) electrons. The number of benzene rings is 1. The molecule has 220 valence electrons. The smallest absolute Gasteiger partial charge is 0.370 e. The SMILES string of the molecule is FC(F)(F)c1ccnc2ccc(CCC34CCC(OCc5c(-c6c(Cl)cncc6Cl)noc5C5CC5)(CC3)CC4)cc12. The first-order valence-corrected chi connectivity index (χ1v) is 15.3. The summed E-state index contributed by atoms with van der Waals surface area (Å²) in [5, 5.41) is 5.40. The molecule has 0 atom stereocenters. The van der Waals surface area contributed by atoms with Crippen molar-refractivity contribution in [1.82, 2.24) is 15.1 Å². The highest BCUT2D eigenvalue weighted by molar-refractivity contribution is 6.38. The lowest BCUT2D eigenvalue weighted by Gasteiger charge is -2.53. The first kappa shape index (κ1) is 28.1. The third kappa shape index (κ3) is 5.20. The van der Waals surface area contributed by atoms with Gasteiger partial charge in [-0.3, -0.25) is 9.97 Å². The van der Waals surface area contributed by atoms with Crippen molar-refractivity contribution in [3.05, 3.63) is 75.4 Å². The summed E-state index contributed by atoms with van der Waals surface area (Å²) in [6.07, 6.45) is 9.80. The van der Waals surface area contributed by atoms with E-state index in [1.165, 1.54) is 6.20 Å². The number of hydrogen-bond acceptors (Lipinski definition) is 5. The number of hydrogen-bond donors (Lipinski definition) is 0. The Balaban J connectivity index is 1.04. The van der Waals surface area contributed by atoms with Crippen molar-refractivity contribution in [1.29, 1.82) is 0 Å². The van der Waals surface area contributed by atoms with Crippen LogP contribution in [0.15, 0.2) is 47.4 Å². The minimum Gasteiger partial charge on any atom is -0.370 e. The predicted molar refractivity (Wildman–Crippen MR) is 154 cm³/mol. The maximum atomic E-state index is 13.6. The quantitative estimate of drug-likeness (QED) is 0.197. The Labute approximate surface area is 251 Å². The van der Waals surface area contributed by atoms with Gasteiger partial charge >= 0.3 is 6.18 Å². The Morgan fingerprint density at radius 2 is 1.69 bits per heavy atom. The molecule has 4 aliphatic rings.